The first-order chi connectivity index (χ1) is 26.9. The fourth-order valence-corrected chi connectivity index (χ4v) is 9.50. The topological polar surface area (TPSA) is 112 Å². The summed E-state index contributed by atoms with van der Waals surface area (Å²) in [5.41, 5.74) is -1.46. The van der Waals surface area contributed by atoms with Gasteiger partial charge < -0.3 is 28.6 Å². The van der Waals surface area contributed by atoms with Gasteiger partial charge in [0.1, 0.15) is 59.0 Å². The van der Waals surface area contributed by atoms with E-state index in [2.05, 4.69) is 15.8 Å². The normalized spacial score (nSPS) is 25.5. The van der Waals surface area contributed by atoms with Crippen LogP contribution in [-0.2, 0) is 9.47 Å². The Bertz CT molecular complexity index is 2300. The van der Waals surface area contributed by atoms with Crippen molar-refractivity contribution in [1.29, 1.82) is 0 Å². The van der Waals surface area contributed by atoms with E-state index in [1.54, 1.807) is 11.0 Å². The zero-order valence-electron chi connectivity index (χ0n) is 31.7. The van der Waals surface area contributed by atoms with E-state index in [0.29, 0.717) is 42.9 Å². The van der Waals surface area contributed by atoms with Crippen LogP contribution in [0.4, 0.5) is 23.8 Å². The number of carbonyl (C=O) groups excluding carboxylic acids is 1. The van der Waals surface area contributed by atoms with Crippen LogP contribution in [0.5, 0.6) is 17.6 Å². The van der Waals surface area contributed by atoms with Gasteiger partial charge in [0.15, 0.2) is 12.6 Å². The van der Waals surface area contributed by atoms with E-state index in [1.165, 1.54) is 25.3 Å². The van der Waals surface area contributed by atoms with Gasteiger partial charge in [-0.15, -0.1) is 6.42 Å². The predicted octanol–water partition coefficient (Wildman–Crippen LogP) is 6.39. The molecule has 0 spiro atoms. The van der Waals surface area contributed by atoms with E-state index >= 15 is 8.78 Å². The number of rotatable bonds is 7. The quantitative estimate of drug-likeness (QED) is 0.154. The molecule has 56 heavy (non-hydrogen) atoms. The molecule has 0 saturated carbocycles. The number of carbonyl (C=O) groups is 1. The Morgan fingerprint density at radius 1 is 1.09 bits per heavy atom. The van der Waals surface area contributed by atoms with Crippen LogP contribution >= 0.6 is 0 Å². The third-order valence-electron chi connectivity index (χ3n) is 11.8. The van der Waals surface area contributed by atoms with Crippen LogP contribution in [-0.4, -0.2) is 113 Å². The number of pyridine rings is 1. The predicted molar refractivity (Wildman–Crippen MR) is 201 cm³/mol. The second kappa shape index (κ2) is 13.5. The van der Waals surface area contributed by atoms with Gasteiger partial charge in [0.2, 0.25) is 5.88 Å². The van der Waals surface area contributed by atoms with Crippen molar-refractivity contribution in [3.63, 3.8) is 0 Å². The van der Waals surface area contributed by atoms with E-state index in [0.717, 1.165) is 25.8 Å². The summed E-state index contributed by atoms with van der Waals surface area (Å²) in [6, 6.07) is 4.97. The van der Waals surface area contributed by atoms with Gasteiger partial charge in [-0.2, -0.15) is 9.97 Å². The fourth-order valence-electron chi connectivity index (χ4n) is 9.50. The molecule has 15 heteroatoms. The molecule has 294 valence electrons. The molecular formula is C41H43F3N6O6. The van der Waals surface area contributed by atoms with Crippen LogP contribution in [0.2, 0.25) is 0 Å². The number of amides is 1. The van der Waals surface area contributed by atoms with E-state index in [9.17, 15) is 9.18 Å². The van der Waals surface area contributed by atoms with Crippen molar-refractivity contribution in [2.24, 2.45) is 0 Å². The maximum atomic E-state index is 17.5. The Morgan fingerprint density at radius 3 is 2.71 bits per heavy atom. The van der Waals surface area contributed by atoms with Crippen molar-refractivity contribution in [3.05, 3.63) is 41.5 Å². The Kier molecular flexibility index (Phi) is 8.85. The minimum Gasteiger partial charge on any atom is -0.475 e. The van der Waals surface area contributed by atoms with Crippen molar-refractivity contribution >= 4 is 33.6 Å². The number of aromatic nitrogens is 3. The lowest BCUT2D eigenvalue weighted by Crippen LogP contribution is -2.63. The summed E-state index contributed by atoms with van der Waals surface area (Å²) in [6.07, 6.45) is 7.89. The maximum Gasteiger partial charge on any atom is 0.410 e. The van der Waals surface area contributed by atoms with Crippen molar-refractivity contribution in [3.8, 4) is 41.2 Å². The summed E-state index contributed by atoms with van der Waals surface area (Å²) in [6.45, 7) is 7.07. The highest BCUT2D eigenvalue weighted by Crippen LogP contribution is 2.47. The standard InChI is InChI=1S/C41H43F3N6O6/c1-6-26-28(43)10-8-22-14-25(55-21-52-5)15-27(31(22)26)34-33(44)35-32-36(47-38(46-35)54-20-41-12-7-13-48(41)17-23(42)16-41)49-18-24-9-11-29(30(49)19-53-37(32)45-34)50(24)39(51)56-40(2,3)4/h1,8,10,14-15,23-24,29-30H,7,9,11-13,16-21H2,2-5H3/t23-,24-,29+,30-,41-/m0/s1. The molecule has 4 saturated heterocycles. The number of fused-ring (bicyclic) bond motifs is 7. The largest absolute Gasteiger partial charge is 0.475 e. The molecule has 2 aromatic heterocycles. The minimum atomic E-state index is -0.972. The number of terminal acetylenes is 1. The summed E-state index contributed by atoms with van der Waals surface area (Å²) in [4.78, 5) is 33.9. The van der Waals surface area contributed by atoms with Crippen LogP contribution in [0.15, 0.2) is 24.3 Å². The average molecular weight is 773 g/mol. The van der Waals surface area contributed by atoms with Gasteiger partial charge in [-0.3, -0.25) is 9.80 Å². The van der Waals surface area contributed by atoms with Crippen LogP contribution in [0.3, 0.4) is 0 Å². The Labute approximate surface area is 322 Å². The molecule has 4 aromatic rings. The SMILES string of the molecule is C#Cc1c(F)ccc2cc(OCOC)cc(-c3nc4c5c(nc(OC[C@@]67CCCN6C[C@@H](F)C7)nc5c3F)N3C[C@@H]5CC[C@H]([C@@H]3CO4)N5C(=O)OC(C)(C)C)c12. The van der Waals surface area contributed by atoms with Gasteiger partial charge in [0.25, 0.3) is 0 Å². The van der Waals surface area contributed by atoms with Crippen LogP contribution in [0.25, 0.3) is 32.9 Å². The van der Waals surface area contributed by atoms with E-state index in [4.69, 9.17) is 40.1 Å². The highest BCUT2D eigenvalue weighted by Gasteiger charge is 2.52. The first kappa shape index (κ1) is 36.6. The van der Waals surface area contributed by atoms with Crippen LogP contribution < -0.4 is 19.1 Å². The summed E-state index contributed by atoms with van der Waals surface area (Å²) in [7, 11) is 1.47. The molecule has 5 atom stereocenters. The molecule has 0 radical (unpaired) electrons. The molecular weight excluding hydrogens is 729 g/mol. The van der Waals surface area contributed by atoms with Crippen molar-refractivity contribution in [2.45, 2.75) is 88.3 Å². The monoisotopic (exact) mass is 772 g/mol. The highest BCUT2D eigenvalue weighted by atomic mass is 19.1. The number of benzene rings is 2. The second-order valence-corrected chi connectivity index (χ2v) is 16.4. The number of piperazine rings is 1. The number of hydrogen-bond acceptors (Lipinski definition) is 11. The molecule has 0 N–H and O–H groups in total. The lowest BCUT2D eigenvalue weighted by atomic mass is 9.95. The summed E-state index contributed by atoms with van der Waals surface area (Å²) in [5.74, 6) is 1.65. The molecule has 9 rings (SSSR count). The molecule has 5 aliphatic heterocycles. The molecule has 12 nitrogen and oxygen atoms in total. The lowest BCUT2D eigenvalue weighted by molar-refractivity contribution is 0.00537. The fraction of sp³-hybridized carbons (Fsp3) is 0.512. The van der Waals surface area contributed by atoms with E-state index in [-0.39, 0.29) is 77.1 Å². The van der Waals surface area contributed by atoms with Gasteiger partial charge in [-0.05, 0) is 76.6 Å². The van der Waals surface area contributed by atoms with Crippen LogP contribution in [0.1, 0.15) is 58.4 Å². The zero-order valence-corrected chi connectivity index (χ0v) is 31.7. The first-order valence-electron chi connectivity index (χ1n) is 19.1. The number of hydrogen-bond donors (Lipinski definition) is 0. The van der Waals surface area contributed by atoms with Gasteiger partial charge in [0, 0.05) is 37.6 Å². The highest BCUT2D eigenvalue weighted by molar-refractivity contribution is 6.04. The average Bonchev–Trinajstić information content (AvgIpc) is 3.76. The van der Waals surface area contributed by atoms with Gasteiger partial charge in [-0.1, -0.05) is 12.0 Å². The molecule has 5 aliphatic rings. The van der Waals surface area contributed by atoms with E-state index in [1.807, 2.05) is 25.7 Å². The van der Waals surface area contributed by atoms with Gasteiger partial charge in [0.05, 0.1) is 29.2 Å². The molecule has 0 aliphatic carbocycles. The summed E-state index contributed by atoms with van der Waals surface area (Å²) < 4.78 is 77.2. The molecule has 0 unspecified atom stereocenters. The second-order valence-electron chi connectivity index (χ2n) is 16.4. The van der Waals surface area contributed by atoms with Crippen molar-refractivity contribution < 1.29 is 41.7 Å². The number of halogens is 3. The minimum absolute atomic E-state index is 0.0543. The van der Waals surface area contributed by atoms with Crippen LogP contribution in [0, 0.1) is 24.0 Å². The number of nitrogens with zero attached hydrogens (tertiary/aromatic N) is 6. The van der Waals surface area contributed by atoms with Crippen molar-refractivity contribution in [2.75, 3.05) is 51.7 Å². The molecule has 7 heterocycles. The van der Waals surface area contributed by atoms with E-state index < -0.39 is 41.1 Å². The first-order valence-corrected chi connectivity index (χ1v) is 19.1. The lowest BCUT2D eigenvalue weighted by Gasteiger charge is -2.46. The maximum absolute atomic E-state index is 17.5. The van der Waals surface area contributed by atoms with Gasteiger partial charge >= 0.3 is 12.1 Å². The summed E-state index contributed by atoms with van der Waals surface area (Å²) in [5, 5.41) is 0.970. The molecule has 1 amide bonds. The molecule has 2 aromatic carbocycles. The summed E-state index contributed by atoms with van der Waals surface area (Å²) >= 11 is 0. The smallest absolute Gasteiger partial charge is 0.410 e. The van der Waals surface area contributed by atoms with Crippen molar-refractivity contribution in [1.82, 2.24) is 24.8 Å². The molecule has 4 fully saturated rings. The Morgan fingerprint density at radius 2 is 1.93 bits per heavy atom. The number of anilines is 1. The number of methoxy groups -OCH3 is 1. The third-order valence-corrected chi connectivity index (χ3v) is 11.8. The Balaban J connectivity index is 1.21. The number of alkyl halides is 1. The number of ether oxygens (including phenoxy) is 5. The Hall–Kier alpha value is -5.07. The molecule has 2 bridgehead atoms. The van der Waals surface area contributed by atoms with Gasteiger partial charge in [-0.25, -0.2) is 22.9 Å². The third kappa shape index (κ3) is 6.00. The zero-order chi connectivity index (χ0) is 39.1.